The summed E-state index contributed by atoms with van der Waals surface area (Å²) >= 11 is 1.46. The molecule has 9 heteroatoms. The minimum Gasteiger partial charge on any atom is -0.276 e. The first-order valence-electron chi connectivity index (χ1n) is 10.7. The quantitative estimate of drug-likeness (QED) is 0.271. The first-order chi connectivity index (χ1) is 15.4. The molecule has 2 aromatic heterocycles. The van der Waals surface area contributed by atoms with Crippen LogP contribution in [-0.2, 0) is 16.4 Å². The molecule has 168 valence electrons. The minimum atomic E-state index is -3.31. The van der Waals surface area contributed by atoms with E-state index in [0.717, 1.165) is 11.9 Å². The zero-order valence-corrected chi connectivity index (χ0v) is 19.8. The molecule has 0 saturated carbocycles. The Morgan fingerprint density at radius 2 is 1.72 bits per heavy atom. The van der Waals surface area contributed by atoms with Crippen LogP contribution < -0.4 is 5.56 Å². The molecule has 0 aliphatic rings. The molecule has 0 atom stereocenters. The van der Waals surface area contributed by atoms with E-state index in [1.807, 2.05) is 28.7 Å². The Balaban J connectivity index is 1.59. The van der Waals surface area contributed by atoms with Gasteiger partial charge in [-0.15, -0.1) is 10.2 Å². The van der Waals surface area contributed by atoms with E-state index < -0.39 is 9.84 Å². The van der Waals surface area contributed by atoms with Crippen LogP contribution in [-0.4, -0.2) is 39.1 Å². The highest BCUT2D eigenvalue weighted by molar-refractivity contribution is 7.99. The normalized spacial score (nSPS) is 12.2. The molecule has 0 spiro atoms. The lowest BCUT2D eigenvalue weighted by atomic mass is 10.1. The third-order valence-electron chi connectivity index (χ3n) is 5.30. The van der Waals surface area contributed by atoms with E-state index in [2.05, 4.69) is 24.0 Å². The molecule has 32 heavy (non-hydrogen) atoms. The molecule has 2 heterocycles. The molecule has 0 saturated heterocycles. The smallest absolute Gasteiger partial charge is 0.262 e. The number of thioether (sulfide) groups is 1. The highest BCUT2D eigenvalue weighted by Crippen LogP contribution is 2.23. The maximum atomic E-state index is 13.1. The Bertz CT molecular complexity index is 1390. The largest absolute Gasteiger partial charge is 0.276 e. The molecule has 4 aromatic rings. The molecule has 0 amide bonds. The first-order valence-corrected chi connectivity index (χ1v) is 13.3. The Morgan fingerprint density at radius 3 is 2.47 bits per heavy atom. The summed E-state index contributed by atoms with van der Waals surface area (Å²) in [4.78, 5) is 13.4. The van der Waals surface area contributed by atoms with Crippen LogP contribution in [0.1, 0.15) is 26.7 Å². The number of benzene rings is 2. The zero-order chi connectivity index (χ0) is 22.7. The summed E-state index contributed by atoms with van der Waals surface area (Å²) in [5, 5.41) is 9.93. The lowest BCUT2D eigenvalue weighted by Crippen LogP contribution is -2.24. The summed E-state index contributed by atoms with van der Waals surface area (Å²) in [6.07, 6.45) is 1.35. The summed E-state index contributed by atoms with van der Waals surface area (Å²) in [7, 11) is -3.31. The molecule has 2 aromatic carbocycles. The average molecular weight is 471 g/mol. The van der Waals surface area contributed by atoms with Crippen LogP contribution in [0.3, 0.4) is 0 Å². The van der Waals surface area contributed by atoms with Gasteiger partial charge in [0.25, 0.3) is 5.56 Å². The maximum Gasteiger partial charge on any atom is 0.262 e. The van der Waals surface area contributed by atoms with Crippen LogP contribution in [0.5, 0.6) is 0 Å². The fraction of sp³-hybridized carbons (Fsp3) is 0.348. The van der Waals surface area contributed by atoms with Gasteiger partial charge in [-0.2, -0.15) is 0 Å². The van der Waals surface area contributed by atoms with E-state index in [-0.39, 0.29) is 11.3 Å². The van der Waals surface area contributed by atoms with Crippen molar-refractivity contribution in [1.29, 1.82) is 0 Å². The van der Waals surface area contributed by atoms with Crippen LogP contribution in [0.4, 0.5) is 0 Å². The maximum absolute atomic E-state index is 13.1. The summed E-state index contributed by atoms with van der Waals surface area (Å²) < 4.78 is 28.6. The third kappa shape index (κ3) is 4.59. The first kappa shape index (κ1) is 22.5. The molecule has 0 unspecified atom stereocenters. The Hall–Kier alpha value is -2.65. The van der Waals surface area contributed by atoms with Crippen LogP contribution in [0.2, 0.25) is 0 Å². The number of nitrogens with zero attached hydrogens (tertiary/aromatic N) is 4. The van der Waals surface area contributed by atoms with Gasteiger partial charge in [0.2, 0.25) is 5.78 Å². The second kappa shape index (κ2) is 9.46. The number of aryl methyl sites for hydroxylation is 1. The van der Waals surface area contributed by atoms with Crippen molar-refractivity contribution in [3.05, 3.63) is 65.0 Å². The Labute approximate surface area is 191 Å². The topological polar surface area (TPSA) is 86.3 Å². The van der Waals surface area contributed by atoms with E-state index in [1.165, 1.54) is 11.8 Å². The van der Waals surface area contributed by atoms with Crippen molar-refractivity contribution in [2.45, 2.75) is 43.3 Å². The van der Waals surface area contributed by atoms with Crippen LogP contribution in [0.25, 0.3) is 16.7 Å². The van der Waals surface area contributed by atoms with Crippen molar-refractivity contribution in [3.8, 4) is 0 Å². The van der Waals surface area contributed by atoms with Crippen molar-refractivity contribution in [1.82, 2.24) is 19.2 Å². The van der Waals surface area contributed by atoms with Crippen molar-refractivity contribution in [3.63, 3.8) is 0 Å². The van der Waals surface area contributed by atoms with Crippen molar-refractivity contribution in [2.75, 3.05) is 11.5 Å². The van der Waals surface area contributed by atoms with Gasteiger partial charge in [0, 0.05) is 12.3 Å². The van der Waals surface area contributed by atoms with Crippen molar-refractivity contribution < 1.29 is 8.42 Å². The third-order valence-corrected chi connectivity index (χ3v) is 8.13. The molecule has 0 aliphatic carbocycles. The number of para-hydroxylation sites is 1. The van der Waals surface area contributed by atoms with Crippen LogP contribution >= 0.6 is 11.8 Å². The predicted molar refractivity (Wildman–Crippen MR) is 128 cm³/mol. The van der Waals surface area contributed by atoms with Gasteiger partial charge in [0.15, 0.2) is 15.0 Å². The second-order valence-corrected chi connectivity index (χ2v) is 11.3. The van der Waals surface area contributed by atoms with Crippen LogP contribution in [0, 0.1) is 5.92 Å². The van der Waals surface area contributed by atoms with Gasteiger partial charge < -0.3 is 0 Å². The fourth-order valence-electron chi connectivity index (χ4n) is 3.57. The molecular formula is C23H26N4O3S2. The number of rotatable bonds is 9. The van der Waals surface area contributed by atoms with E-state index >= 15 is 0 Å². The van der Waals surface area contributed by atoms with Gasteiger partial charge in [0.1, 0.15) is 0 Å². The molecular weight excluding hydrogens is 444 g/mol. The molecule has 7 nitrogen and oxygen atoms in total. The second-order valence-electron chi connectivity index (χ2n) is 8.11. The van der Waals surface area contributed by atoms with E-state index in [4.69, 9.17) is 0 Å². The van der Waals surface area contributed by atoms with Gasteiger partial charge in [-0.1, -0.05) is 55.9 Å². The Morgan fingerprint density at radius 1 is 1.00 bits per heavy atom. The lowest BCUT2D eigenvalue weighted by molar-refractivity contribution is 0.512. The molecule has 0 bridgehead atoms. The zero-order valence-electron chi connectivity index (χ0n) is 18.1. The molecule has 0 N–H and O–H groups in total. The minimum absolute atomic E-state index is 0.0633. The fourth-order valence-corrected chi connectivity index (χ4v) is 5.97. The number of sulfone groups is 1. The van der Waals surface area contributed by atoms with E-state index in [0.29, 0.717) is 45.9 Å². The number of aromatic nitrogens is 4. The average Bonchev–Trinajstić information content (AvgIpc) is 3.21. The molecule has 0 radical (unpaired) electrons. The van der Waals surface area contributed by atoms with Gasteiger partial charge in [-0.25, -0.2) is 8.42 Å². The van der Waals surface area contributed by atoms with Crippen molar-refractivity contribution >= 4 is 38.3 Å². The highest BCUT2D eigenvalue weighted by atomic mass is 32.2. The summed E-state index contributed by atoms with van der Waals surface area (Å²) in [5.41, 5.74) is 0.698. The number of hydrogen-bond acceptors (Lipinski definition) is 6. The molecule has 0 fully saturated rings. The van der Waals surface area contributed by atoms with Gasteiger partial charge in [-0.05, 0) is 43.0 Å². The van der Waals surface area contributed by atoms with E-state index in [9.17, 15) is 13.2 Å². The SMILES string of the molecule is CC(C)CCn1c(=O)c2ccccc2n2c(SCCCS(=O)(=O)c3ccccc3)nnc12. The van der Waals surface area contributed by atoms with Crippen molar-refractivity contribution in [2.24, 2.45) is 5.92 Å². The summed E-state index contributed by atoms with van der Waals surface area (Å²) in [5.74, 6) is 1.62. The molecule has 4 rings (SSSR count). The summed E-state index contributed by atoms with van der Waals surface area (Å²) in [6, 6.07) is 16.0. The number of fused-ring (bicyclic) bond motifs is 3. The number of hydrogen-bond donors (Lipinski definition) is 0. The standard InChI is InChI=1S/C23H26N4O3S2/c1-17(2)13-14-26-21(28)19-11-6-7-12-20(19)27-22(26)24-25-23(27)31-15-8-16-32(29,30)18-9-4-3-5-10-18/h3-7,9-12,17H,8,13-16H2,1-2H3. The lowest BCUT2D eigenvalue weighted by Gasteiger charge is -2.12. The van der Waals surface area contributed by atoms with Crippen LogP contribution in [0.15, 0.2) is 69.4 Å². The van der Waals surface area contributed by atoms with E-state index in [1.54, 1.807) is 34.9 Å². The molecule has 0 aliphatic heterocycles. The van der Waals surface area contributed by atoms with Gasteiger partial charge >= 0.3 is 0 Å². The highest BCUT2D eigenvalue weighted by Gasteiger charge is 2.18. The van der Waals surface area contributed by atoms with Gasteiger partial charge in [0.05, 0.1) is 21.6 Å². The summed E-state index contributed by atoms with van der Waals surface area (Å²) in [6.45, 7) is 4.82. The monoisotopic (exact) mass is 470 g/mol. The predicted octanol–water partition coefficient (Wildman–Crippen LogP) is 4.05. The Kier molecular flexibility index (Phi) is 6.66. The van der Waals surface area contributed by atoms with Gasteiger partial charge in [-0.3, -0.25) is 13.8 Å².